The fourth-order valence-corrected chi connectivity index (χ4v) is 1.05. The summed E-state index contributed by atoms with van der Waals surface area (Å²) in [5.74, 6) is 0. The fraction of sp³-hybridized carbons (Fsp3) is 0.0714. The third-order valence-corrected chi connectivity index (χ3v) is 1.84. The quantitative estimate of drug-likeness (QED) is 0.489. The van der Waals surface area contributed by atoms with Gasteiger partial charge >= 0.3 is 0 Å². The monoisotopic (exact) mass is 183 g/mol. The van der Waals surface area contributed by atoms with E-state index >= 15 is 0 Å². The van der Waals surface area contributed by atoms with E-state index < -0.39 is 0 Å². The zero-order valence-corrected chi connectivity index (χ0v) is 8.48. The molecule has 0 aromatic heterocycles. The van der Waals surface area contributed by atoms with E-state index in [1.54, 1.807) is 6.08 Å². The maximum absolute atomic E-state index is 3.60. The van der Waals surface area contributed by atoms with Gasteiger partial charge in [0, 0.05) is 24.6 Å². The first-order valence-electron chi connectivity index (χ1n) is 4.68. The van der Waals surface area contributed by atoms with Crippen molar-refractivity contribution in [2.45, 2.75) is 6.92 Å². The van der Waals surface area contributed by atoms with Crippen molar-refractivity contribution < 1.29 is 0 Å². The lowest BCUT2D eigenvalue weighted by molar-refractivity contribution is 1.46. The molecule has 0 radical (unpaired) electrons. The SMILES string of the molecule is C=C[CH+]C=CC=Cc1ccc(C)cc1. The van der Waals surface area contributed by atoms with Crippen LogP contribution in [0.5, 0.6) is 0 Å². The Morgan fingerprint density at radius 1 is 1.14 bits per heavy atom. The summed E-state index contributed by atoms with van der Waals surface area (Å²) in [6.07, 6.45) is 11.7. The lowest BCUT2D eigenvalue weighted by atomic mass is 10.1. The Morgan fingerprint density at radius 3 is 2.50 bits per heavy atom. The van der Waals surface area contributed by atoms with Gasteiger partial charge in [-0.2, -0.15) is 0 Å². The van der Waals surface area contributed by atoms with Crippen LogP contribution in [0.4, 0.5) is 0 Å². The number of aryl methyl sites for hydroxylation is 1. The van der Waals surface area contributed by atoms with Crippen molar-refractivity contribution in [1.82, 2.24) is 0 Å². The molecule has 0 unspecified atom stereocenters. The molecule has 0 saturated carbocycles. The molecule has 0 amide bonds. The topological polar surface area (TPSA) is 0 Å². The Bertz CT molecular complexity index is 326. The van der Waals surface area contributed by atoms with E-state index in [2.05, 4.69) is 43.8 Å². The van der Waals surface area contributed by atoms with Gasteiger partial charge in [-0.25, -0.2) is 0 Å². The maximum atomic E-state index is 3.60. The zero-order chi connectivity index (χ0) is 10.2. The van der Waals surface area contributed by atoms with Crippen molar-refractivity contribution in [3.63, 3.8) is 0 Å². The van der Waals surface area contributed by atoms with E-state index in [1.165, 1.54) is 11.1 Å². The highest BCUT2D eigenvalue weighted by Gasteiger charge is 1.85. The fourth-order valence-electron chi connectivity index (χ4n) is 1.05. The molecule has 1 rings (SSSR count). The average Bonchev–Trinajstić information content (AvgIpc) is 2.21. The van der Waals surface area contributed by atoms with Gasteiger partial charge in [-0.15, -0.1) is 0 Å². The van der Waals surface area contributed by atoms with Gasteiger partial charge in [0.25, 0.3) is 0 Å². The summed E-state index contributed by atoms with van der Waals surface area (Å²) in [6, 6.07) is 8.44. The van der Waals surface area contributed by atoms with Crippen molar-refractivity contribution in [3.8, 4) is 0 Å². The molecule has 0 fully saturated rings. The van der Waals surface area contributed by atoms with Gasteiger partial charge < -0.3 is 0 Å². The Kier molecular flexibility index (Phi) is 4.36. The lowest BCUT2D eigenvalue weighted by Crippen LogP contribution is -1.72. The van der Waals surface area contributed by atoms with Gasteiger partial charge in [-0.3, -0.25) is 0 Å². The van der Waals surface area contributed by atoms with Gasteiger partial charge in [-0.05, 0) is 31.2 Å². The normalized spacial score (nSPS) is 10.9. The largest absolute Gasteiger partial charge is 0.0587 e. The summed E-state index contributed by atoms with van der Waals surface area (Å²) >= 11 is 0. The van der Waals surface area contributed by atoms with Gasteiger partial charge in [0.05, 0.1) is 0 Å². The third kappa shape index (κ3) is 3.81. The standard InChI is InChI=1S/C14H15/c1-3-4-5-6-7-8-14-11-9-13(2)10-12-14/h3-12H,1H2,2H3/q+1. The second-order valence-corrected chi connectivity index (χ2v) is 3.08. The predicted molar refractivity (Wildman–Crippen MR) is 63.9 cm³/mol. The average molecular weight is 183 g/mol. The molecule has 0 N–H and O–H groups in total. The first-order valence-corrected chi connectivity index (χ1v) is 4.68. The molecule has 0 aliphatic heterocycles. The molecular formula is C14H15+. The van der Waals surface area contributed by atoms with Gasteiger partial charge in [0.2, 0.25) is 0 Å². The summed E-state index contributed by atoms with van der Waals surface area (Å²) in [5.41, 5.74) is 2.51. The van der Waals surface area contributed by atoms with Crippen LogP contribution in [-0.2, 0) is 0 Å². The highest BCUT2D eigenvalue weighted by atomic mass is 13.9. The van der Waals surface area contributed by atoms with E-state index in [9.17, 15) is 0 Å². The van der Waals surface area contributed by atoms with Crippen LogP contribution in [0.2, 0.25) is 0 Å². The Hall–Kier alpha value is -1.69. The molecule has 14 heavy (non-hydrogen) atoms. The van der Waals surface area contributed by atoms with Crippen molar-refractivity contribution in [2.75, 3.05) is 0 Å². The summed E-state index contributed by atoms with van der Waals surface area (Å²) in [6.45, 7) is 5.69. The predicted octanol–water partition coefficient (Wildman–Crippen LogP) is 3.95. The van der Waals surface area contributed by atoms with Gasteiger partial charge in [-0.1, -0.05) is 29.8 Å². The van der Waals surface area contributed by atoms with Crippen molar-refractivity contribution in [1.29, 1.82) is 0 Å². The molecule has 1 aromatic rings. The molecule has 1 aromatic carbocycles. The second kappa shape index (κ2) is 5.87. The van der Waals surface area contributed by atoms with E-state index in [1.807, 2.05) is 24.6 Å². The Balaban J connectivity index is 2.51. The zero-order valence-electron chi connectivity index (χ0n) is 8.48. The van der Waals surface area contributed by atoms with Gasteiger partial charge in [0.1, 0.15) is 0 Å². The summed E-state index contributed by atoms with van der Waals surface area (Å²) < 4.78 is 0. The molecule has 0 heteroatoms. The molecule has 0 bridgehead atoms. The van der Waals surface area contributed by atoms with Crippen LogP contribution in [0, 0.1) is 13.3 Å². The minimum Gasteiger partial charge on any atom is -0.0587 e. The first kappa shape index (κ1) is 10.4. The van der Waals surface area contributed by atoms with Crippen LogP contribution in [0.1, 0.15) is 11.1 Å². The molecule has 0 aliphatic rings. The van der Waals surface area contributed by atoms with Crippen LogP contribution in [-0.4, -0.2) is 0 Å². The molecule has 0 saturated heterocycles. The van der Waals surface area contributed by atoms with Crippen LogP contribution in [0.25, 0.3) is 6.08 Å². The molecule has 0 aliphatic carbocycles. The van der Waals surface area contributed by atoms with E-state index in [0.29, 0.717) is 0 Å². The summed E-state index contributed by atoms with van der Waals surface area (Å²) in [4.78, 5) is 0. The number of hydrogen-bond acceptors (Lipinski definition) is 0. The number of allylic oxidation sites excluding steroid dienone is 4. The summed E-state index contributed by atoms with van der Waals surface area (Å²) in [5, 5.41) is 0. The van der Waals surface area contributed by atoms with Crippen molar-refractivity contribution >= 4 is 6.08 Å². The molecule has 0 heterocycles. The highest BCUT2D eigenvalue weighted by molar-refractivity contribution is 5.51. The minimum absolute atomic E-state index is 1.22. The number of benzene rings is 1. The molecule has 0 nitrogen and oxygen atoms in total. The second-order valence-electron chi connectivity index (χ2n) is 3.08. The molecule has 70 valence electrons. The van der Waals surface area contributed by atoms with E-state index in [0.717, 1.165) is 0 Å². The first-order chi connectivity index (χ1) is 6.83. The smallest absolute Gasteiger partial charge is 0.0466 e. The van der Waals surface area contributed by atoms with Crippen molar-refractivity contribution in [2.24, 2.45) is 0 Å². The summed E-state index contributed by atoms with van der Waals surface area (Å²) in [7, 11) is 0. The van der Waals surface area contributed by atoms with Gasteiger partial charge in [0.15, 0.2) is 0 Å². The van der Waals surface area contributed by atoms with Crippen molar-refractivity contribution in [3.05, 3.63) is 72.7 Å². The van der Waals surface area contributed by atoms with Crippen LogP contribution in [0.3, 0.4) is 0 Å². The van der Waals surface area contributed by atoms with E-state index in [-0.39, 0.29) is 0 Å². The Labute approximate surface area is 86.3 Å². The maximum Gasteiger partial charge on any atom is 0.0466 e. The lowest BCUT2D eigenvalue weighted by Gasteiger charge is -1.92. The van der Waals surface area contributed by atoms with E-state index in [4.69, 9.17) is 0 Å². The number of hydrogen-bond donors (Lipinski definition) is 0. The van der Waals surface area contributed by atoms with Crippen LogP contribution >= 0.6 is 0 Å². The number of rotatable bonds is 4. The molecule has 0 spiro atoms. The molecular weight excluding hydrogens is 168 g/mol. The molecule has 0 atom stereocenters. The third-order valence-electron chi connectivity index (χ3n) is 1.84. The van der Waals surface area contributed by atoms with Crippen LogP contribution < -0.4 is 0 Å². The highest BCUT2D eigenvalue weighted by Crippen LogP contribution is 2.04. The minimum atomic E-state index is 1.22. The Morgan fingerprint density at radius 2 is 1.86 bits per heavy atom. The van der Waals surface area contributed by atoms with Crippen LogP contribution in [0.15, 0.2) is 55.1 Å².